The molecule has 1 amide bonds. The first-order chi connectivity index (χ1) is 12.8. The third kappa shape index (κ3) is 4.57. The Bertz CT molecular complexity index is 946. The first-order valence-corrected chi connectivity index (χ1v) is 11.1. The van der Waals surface area contributed by atoms with Crippen LogP contribution in [0.5, 0.6) is 0 Å². The third-order valence-corrected chi connectivity index (χ3v) is 8.12. The zero-order valence-corrected chi connectivity index (χ0v) is 17.0. The number of amides is 1. The first kappa shape index (κ1) is 20.0. The van der Waals surface area contributed by atoms with Crippen molar-refractivity contribution in [2.75, 3.05) is 18.4 Å². The molecule has 1 saturated heterocycles. The van der Waals surface area contributed by atoms with Gasteiger partial charge in [0.05, 0.1) is 4.34 Å². The van der Waals surface area contributed by atoms with Gasteiger partial charge in [0, 0.05) is 30.3 Å². The number of Topliss-reactive ketones (excluding diaryl/α,β-unsaturated/α-hetero) is 1. The Morgan fingerprint density at radius 3 is 2.26 bits per heavy atom. The van der Waals surface area contributed by atoms with Gasteiger partial charge in [0.15, 0.2) is 5.78 Å². The van der Waals surface area contributed by atoms with Crippen LogP contribution in [0.25, 0.3) is 0 Å². The summed E-state index contributed by atoms with van der Waals surface area (Å²) in [6, 6.07) is 9.78. The standard InChI is InChI=1S/C18H19ClN2O4S2/c1-12(22)13-2-4-15(5-3-13)20-18(23)14-8-10-21(11-9-14)27(24,25)17-7-6-16(19)26-17/h2-7,14H,8-11H2,1H3,(H,20,23). The monoisotopic (exact) mass is 426 g/mol. The van der Waals surface area contributed by atoms with Crippen molar-refractivity contribution in [3.05, 3.63) is 46.3 Å². The second kappa shape index (κ2) is 8.10. The van der Waals surface area contributed by atoms with Crippen molar-refractivity contribution in [3.63, 3.8) is 0 Å². The van der Waals surface area contributed by atoms with Gasteiger partial charge in [0.25, 0.3) is 10.0 Å². The molecule has 2 heterocycles. The van der Waals surface area contributed by atoms with Gasteiger partial charge in [-0.1, -0.05) is 11.6 Å². The third-order valence-electron chi connectivity index (χ3n) is 4.53. The van der Waals surface area contributed by atoms with Crippen molar-refractivity contribution in [1.82, 2.24) is 4.31 Å². The molecule has 0 radical (unpaired) electrons. The fraction of sp³-hybridized carbons (Fsp3) is 0.333. The van der Waals surface area contributed by atoms with Crippen LogP contribution in [-0.2, 0) is 14.8 Å². The van der Waals surface area contributed by atoms with Crippen molar-refractivity contribution in [2.45, 2.75) is 24.0 Å². The van der Waals surface area contributed by atoms with Crippen molar-refractivity contribution < 1.29 is 18.0 Å². The summed E-state index contributed by atoms with van der Waals surface area (Å²) in [5.74, 6) is -0.425. The lowest BCUT2D eigenvalue weighted by atomic mass is 9.97. The van der Waals surface area contributed by atoms with Gasteiger partial charge in [0.1, 0.15) is 4.21 Å². The highest BCUT2D eigenvalue weighted by Gasteiger charge is 2.32. The Balaban J connectivity index is 1.58. The predicted molar refractivity (Wildman–Crippen MR) is 106 cm³/mol. The lowest BCUT2D eigenvalue weighted by molar-refractivity contribution is -0.120. The van der Waals surface area contributed by atoms with E-state index < -0.39 is 10.0 Å². The number of hydrogen-bond donors (Lipinski definition) is 1. The Labute approximate surface area is 167 Å². The molecule has 1 aliphatic rings. The SMILES string of the molecule is CC(=O)c1ccc(NC(=O)C2CCN(S(=O)(=O)c3ccc(Cl)s3)CC2)cc1. The number of thiophene rings is 1. The fourth-order valence-electron chi connectivity index (χ4n) is 2.95. The Morgan fingerprint density at radius 2 is 1.74 bits per heavy atom. The predicted octanol–water partition coefficient (Wildman–Crippen LogP) is 3.64. The van der Waals surface area contributed by atoms with E-state index in [1.54, 1.807) is 30.3 Å². The van der Waals surface area contributed by atoms with Gasteiger partial charge < -0.3 is 5.32 Å². The normalized spacial score (nSPS) is 16.2. The van der Waals surface area contributed by atoms with Crippen LogP contribution in [0, 0.1) is 5.92 Å². The molecule has 0 aliphatic carbocycles. The Kier molecular flexibility index (Phi) is 6.00. The van der Waals surface area contributed by atoms with Crippen molar-refractivity contribution in [2.24, 2.45) is 5.92 Å². The summed E-state index contributed by atoms with van der Waals surface area (Å²) < 4.78 is 27.3. The van der Waals surface area contributed by atoms with Crippen molar-refractivity contribution in [3.8, 4) is 0 Å². The number of anilines is 1. The highest BCUT2D eigenvalue weighted by molar-refractivity contribution is 7.91. The van der Waals surface area contributed by atoms with Crippen LogP contribution in [0.1, 0.15) is 30.1 Å². The van der Waals surface area contributed by atoms with E-state index in [2.05, 4.69) is 5.32 Å². The number of sulfonamides is 1. The average Bonchev–Trinajstić information content (AvgIpc) is 3.09. The van der Waals surface area contributed by atoms with E-state index >= 15 is 0 Å². The van der Waals surface area contributed by atoms with Crippen LogP contribution < -0.4 is 5.32 Å². The molecule has 0 atom stereocenters. The van der Waals surface area contributed by atoms with E-state index in [9.17, 15) is 18.0 Å². The zero-order chi connectivity index (χ0) is 19.6. The molecule has 144 valence electrons. The number of hydrogen-bond acceptors (Lipinski definition) is 5. The molecular formula is C18H19ClN2O4S2. The van der Waals surface area contributed by atoms with Crippen LogP contribution in [0.3, 0.4) is 0 Å². The van der Waals surface area contributed by atoms with Crippen molar-refractivity contribution in [1.29, 1.82) is 0 Å². The number of piperidine rings is 1. The summed E-state index contributed by atoms with van der Waals surface area (Å²) in [4.78, 5) is 23.7. The van der Waals surface area contributed by atoms with Gasteiger partial charge in [0.2, 0.25) is 5.91 Å². The summed E-state index contributed by atoms with van der Waals surface area (Å²) in [5.41, 5.74) is 1.20. The quantitative estimate of drug-likeness (QED) is 0.739. The molecule has 9 heteroatoms. The fourth-order valence-corrected chi connectivity index (χ4v) is 6.06. The molecule has 1 aliphatic heterocycles. The Morgan fingerprint density at radius 1 is 1.11 bits per heavy atom. The summed E-state index contributed by atoms with van der Waals surface area (Å²) in [7, 11) is -3.56. The maximum Gasteiger partial charge on any atom is 0.252 e. The second-order valence-electron chi connectivity index (χ2n) is 6.36. The smallest absolute Gasteiger partial charge is 0.252 e. The van der Waals surface area contributed by atoms with Gasteiger partial charge in [-0.05, 0) is 56.2 Å². The molecular weight excluding hydrogens is 408 g/mol. The van der Waals surface area contributed by atoms with E-state index in [1.807, 2.05) is 0 Å². The number of nitrogens with zero attached hydrogens (tertiary/aromatic N) is 1. The lowest BCUT2D eigenvalue weighted by Crippen LogP contribution is -2.41. The number of rotatable bonds is 5. The molecule has 1 N–H and O–H groups in total. The topological polar surface area (TPSA) is 83.6 Å². The largest absolute Gasteiger partial charge is 0.326 e. The number of carbonyl (C=O) groups excluding carboxylic acids is 2. The van der Waals surface area contributed by atoms with Gasteiger partial charge >= 0.3 is 0 Å². The summed E-state index contributed by atoms with van der Waals surface area (Å²) in [6.07, 6.45) is 0.908. The van der Waals surface area contributed by atoms with Gasteiger partial charge in [-0.2, -0.15) is 4.31 Å². The van der Waals surface area contributed by atoms with Gasteiger partial charge in [-0.3, -0.25) is 9.59 Å². The van der Waals surface area contributed by atoms with E-state index in [0.717, 1.165) is 11.3 Å². The second-order valence-corrected chi connectivity index (χ2v) is 10.2. The zero-order valence-electron chi connectivity index (χ0n) is 14.6. The van der Waals surface area contributed by atoms with Crippen LogP contribution in [0.2, 0.25) is 4.34 Å². The number of carbonyl (C=O) groups is 2. The number of nitrogens with one attached hydrogen (secondary N) is 1. The van der Waals surface area contributed by atoms with Gasteiger partial charge in [-0.15, -0.1) is 11.3 Å². The van der Waals surface area contributed by atoms with Crippen LogP contribution in [0.15, 0.2) is 40.6 Å². The Hall–Kier alpha value is -1.74. The maximum atomic E-state index is 12.6. The molecule has 0 bridgehead atoms. The summed E-state index contributed by atoms with van der Waals surface area (Å²) in [6.45, 7) is 2.07. The molecule has 0 saturated carbocycles. The van der Waals surface area contributed by atoms with Crippen LogP contribution >= 0.6 is 22.9 Å². The van der Waals surface area contributed by atoms with Crippen LogP contribution in [-0.4, -0.2) is 37.5 Å². The summed E-state index contributed by atoms with van der Waals surface area (Å²) >= 11 is 6.87. The van der Waals surface area contributed by atoms with Gasteiger partial charge in [-0.25, -0.2) is 8.42 Å². The maximum absolute atomic E-state index is 12.6. The highest BCUT2D eigenvalue weighted by Crippen LogP contribution is 2.30. The molecule has 2 aromatic rings. The molecule has 1 fully saturated rings. The van der Waals surface area contributed by atoms with E-state index in [4.69, 9.17) is 11.6 Å². The minimum Gasteiger partial charge on any atom is -0.326 e. The average molecular weight is 427 g/mol. The molecule has 0 spiro atoms. The minimum absolute atomic E-state index is 0.0338. The number of halogens is 1. The first-order valence-electron chi connectivity index (χ1n) is 8.45. The molecule has 27 heavy (non-hydrogen) atoms. The lowest BCUT2D eigenvalue weighted by Gasteiger charge is -2.30. The van der Waals surface area contributed by atoms with E-state index in [-0.39, 0.29) is 21.8 Å². The molecule has 6 nitrogen and oxygen atoms in total. The number of ketones is 1. The highest BCUT2D eigenvalue weighted by atomic mass is 35.5. The molecule has 1 aromatic heterocycles. The van der Waals surface area contributed by atoms with Crippen molar-refractivity contribution >= 4 is 50.3 Å². The summed E-state index contributed by atoms with van der Waals surface area (Å²) in [5, 5.41) is 2.83. The molecule has 1 aromatic carbocycles. The molecule has 0 unspecified atom stereocenters. The van der Waals surface area contributed by atoms with Crippen LogP contribution in [0.4, 0.5) is 5.69 Å². The van der Waals surface area contributed by atoms with E-state index in [0.29, 0.717) is 41.5 Å². The minimum atomic E-state index is -3.56. The number of benzene rings is 1. The van der Waals surface area contributed by atoms with E-state index in [1.165, 1.54) is 17.3 Å². The molecule has 3 rings (SSSR count).